The van der Waals surface area contributed by atoms with Crippen LogP contribution in [0.4, 0.5) is 11.5 Å². The Morgan fingerprint density at radius 1 is 1.00 bits per heavy atom. The van der Waals surface area contributed by atoms with Gasteiger partial charge in [0.05, 0.1) is 11.4 Å². The highest BCUT2D eigenvalue weighted by molar-refractivity contribution is 5.88. The Balaban J connectivity index is 1.73. The van der Waals surface area contributed by atoms with E-state index in [1.165, 1.54) is 10.1 Å². The first-order chi connectivity index (χ1) is 15.9. The maximum absolute atomic E-state index is 13.7. The first-order valence-corrected chi connectivity index (χ1v) is 11.4. The summed E-state index contributed by atoms with van der Waals surface area (Å²) in [6.45, 7) is 8.49. The third-order valence-corrected chi connectivity index (χ3v) is 6.38. The summed E-state index contributed by atoms with van der Waals surface area (Å²) in [6.07, 6.45) is 3.56. The summed E-state index contributed by atoms with van der Waals surface area (Å²) in [4.78, 5) is 29.1. The van der Waals surface area contributed by atoms with Gasteiger partial charge in [-0.1, -0.05) is 50.8 Å². The van der Waals surface area contributed by atoms with Crippen LogP contribution in [0.25, 0.3) is 11.4 Å². The number of rotatable bonds is 5. The number of anilines is 2. The van der Waals surface area contributed by atoms with Crippen LogP contribution in [0.15, 0.2) is 82.5 Å². The molecule has 33 heavy (non-hydrogen) atoms. The van der Waals surface area contributed by atoms with Gasteiger partial charge in [0.15, 0.2) is 0 Å². The first kappa shape index (κ1) is 21.1. The average Bonchev–Trinajstić information content (AvgIpc) is 3.63. The normalized spacial score (nSPS) is 15.5. The lowest BCUT2D eigenvalue weighted by Gasteiger charge is -2.32. The molecule has 1 N–H and O–H groups in total. The quantitative estimate of drug-likeness (QED) is 0.615. The van der Waals surface area contributed by atoms with Gasteiger partial charge >= 0.3 is 5.69 Å². The van der Waals surface area contributed by atoms with Crippen LogP contribution in [0.5, 0.6) is 0 Å². The van der Waals surface area contributed by atoms with Gasteiger partial charge in [0.25, 0.3) is 5.56 Å². The molecule has 3 aromatic rings. The number of aromatic nitrogens is 2. The van der Waals surface area contributed by atoms with Crippen molar-refractivity contribution < 1.29 is 0 Å². The van der Waals surface area contributed by atoms with E-state index in [9.17, 15) is 9.59 Å². The molecule has 0 bridgehead atoms. The molecule has 168 valence electrons. The summed E-state index contributed by atoms with van der Waals surface area (Å²) >= 11 is 0. The number of benzene rings is 2. The van der Waals surface area contributed by atoms with Gasteiger partial charge < -0.3 is 10.2 Å². The van der Waals surface area contributed by atoms with E-state index in [1.807, 2.05) is 60.5 Å². The maximum atomic E-state index is 13.7. The largest absolute Gasteiger partial charge is 0.355 e. The van der Waals surface area contributed by atoms with Crippen LogP contribution in [-0.4, -0.2) is 16.2 Å². The third-order valence-electron chi connectivity index (χ3n) is 6.38. The minimum absolute atomic E-state index is 0.0488. The second-order valence-electron chi connectivity index (χ2n) is 9.07. The van der Waals surface area contributed by atoms with E-state index >= 15 is 0 Å². The summed E-state index contributed by atoms with van der Waals surface area (Å²) in [5.41, 5.74) is 4.09. The minimum atomic E-state index is -0.311. The van der Waals surface area contributed by atoms with Gasteiger partial charge in [-0.2, -0.15) is 0 Å². The summed E-state index contributed by atoms with van der Waals surface area (Å²) in [5, 5.41) is 3.42. The van der Waals surface area contributed by atoms with Crippen molar-refractivity contribution in [3.05, 3.63) is 105 Å². The van der Waals surface area contributed by atoms with Crippen LogP contribution in [0, 0.1) is 0 Å². The van der Waals surface area contributed by atoms with Crippen molar-refractivity contribution in [3.63, 3.8) is 0 Å². The predicted molar refractivity (Wildman–Crippen MR) is 134 cm³/mol. The zero-order valence-corrected chi connectivity index (χ0v) is 19.2. The molecule has 1 fully saturated rings. The van der Waals surface area contributed by atoms with E-state index in [1.54, 1.807) is 4.57 Å². The number of hydrogen-bond donors (Lipinski definition) is 1. The molecule has 2 aromatic carbocycles. The van der Waals surface area contributed by atoms with Gasteiger partial charge in [-0.3, -0.25) is 9.36 Å². The van der Waals surface area contributed by atoms with E-state index < -0.39 is 0 Å². The highest BCUT2D eigenvalue weighted by atomic mass is 16.2. The van der Waals surface area contributed by atoms with Crippen molar-refractivity contribution in [3.8, 4) is 5.69 Å². The SMILES string of the molecule is C=C1C=C(Nc2ccc(C(C)C)cc2)c2c(n(-c3ccccc3)c(=O)n(C3CC3)c2=O)N1C. The molecule has 0 saturated heterocycles. The first-order valence-electron chi connectivity index (χ1n) is 11.4. The molecule has 1 aliphatic carbocycles. The molecule has 5 rings (SSSR count). The van der Waals surface area contributed by atoms with Crippen molar-refractivity contribution in [1.82, 2.24) is 9.13 Å². The monoisotopic (exact) mass is 440 g/mol. The molecule has 0 radical (unpaired) electrons. The van der Waals surface area contributed by atoms with Crippen molar-refractivity contribution in [1.29, 1.82) is 0 Å². The minimum Gasteiger partial charge on any atom is -0.355 e. The fourth-order valence-electron chi connectivity index (χ4n) is 4.31. The second kappa shape index (κ2) is 7.96. The molecular weight excluding hydrogens is 412 g/mol. The molecule has 6 heteroatoms. The lowest BCUT2D eigenvalue weighted by molar-refractivity contribution is 0.626. The molecule has 1 aliphatic heterocycles. The maximum Gasteiger partial charge on any atom is 0.337 e. The van der Waals surface area contributed by atoms with E-state index in [2.05, 4.69) is 37.9 Å². The fraction of sp³-hybridized carbons (Fsp3) is 0.259. The topological polar surface area (TPSA) is 59.3 Å². The summed E-state index contributed by atoms with van der Waals surface area (Å²) < 4.78 is 3.06. The van der Waals surface area contributed by atoms with Crippen LogP contribution in [-0.2, 0) is 0 Å². The van der Waals surface area contributed by atoms with Crippen molar-refractivity contribution in [2.45, 2.75) is 38.6 Å². The number of nitrogens with zero attached hydrogens (tertiary/aromatic N) is 3. The van der Waals surface area contributed by atoms with Gasteiger partial charge in [0.1, 0.15) is 11.4 Å². The highest BCUT2D eigenvalue weighted by Gasteiger charge is 2.34. The van der Waals surface area contributed by atoms with Crippen LogP contribution in [0.2, 0.25) is 0 Å². The molecule has 1 saturated carbocycles. The Morgan fingerprint density at radius 2 is 1.67 bits per heavy atom. The average molecular weight is 441 g/mol. The molecule has 0 spiro atoms. The molecule has 0 unspecified atom stereocenters. The zero-order chi connectivity index (χ0) is 23.3. The second-order valence-corrected chi connectivity index (χ2v) is 9.07. The Hall–Kier alpha value is -3.80. The van der Waals surface area contributed by atoms with Crippen molar-refractivity contribution in [2.75, 3.05) is 17.3 Å². The lowest BCUT2D eigenvalue weighted by Crippen LogP contribution is -2.44. The van der Waals surface area contributed by atoms with E-state index in [0.29, 0.717) is 28.7 Å². The van der Waals surface area contributed by atoms with Gasteiger partial charge in [-0.05, 0) is 54.7 Å². The Kier molecular flexibility index (Phi) is 5.08. The highest BCUT2D eigenvalue weighted by Crippen LogP contribution is 2.37. The molecule has 6 nitrogen and oxygen atoms in total. The molecule has 2 aliphatic rings. The molecule has 1 aromatic heterocycles. The number of allylic oxidation sites excluding steroid dienone is 1. The van der Waals surface area contributed by atoms with Crippen LogP contribution in [0.3, 0.4) is 0 Å². The summed E-state index contributed by atoms with van der Waals surface area (Å²) in [7, 11) is 1.84. The summed E-state index contributed by atoms with van der Waals surface area (Å²) in [5.74, 6) is 0.968. The number of para-hydroxylation sites is 1. The molecule has 0 atom stereocenters. The number of likely N-dealkylation sites (N-methyl/N-ethyl adjacent to an activating group) is 1. The summed E-state index contributed by atoms with van der Waals surface area (Å²) in [6, 6.07) is 17.6. The Bertz CT molecular complexity index is 1370. The van der Waals surface area contributed by atoms with Gasteiger partial charge in [0.2, 0.25) is 0 Å². The van der Waals surface area contributed by atoms with Gasteiger partial charge in [0, 0.05) is 24.5 Å². The van der Waals surface area contributed by atoms with E-state index in [-0.39, 0.29) is 17.3 Å². The fourth-order valence-corrected chi connectivity index (χ4v) is 4.31. The van der Waals surface area contributed by atoms with Crippen molar-refractivity contribution >= 4 is 17.2 Å². The van der Waals surface area contributed by atoms with Crippen LogP contribution in [0.1, 0.15) is 49.8 Å². The molecular formula is C27H28N4O2. The number of hydrogen-bond acceptors (Lipinski definition) is 4. The third kappa shape index (κ3) is 3.61. The predicted octanol–water partition coefficient (Wildman–Crippen LogP) is 4.87. The van der Waals surface area contributed by atoms with Crippen molar-refractivity contribution in [2.24, 2.45) is 0 Å². The smallest absolute Gasteiger partial charge is 0.337 e. The lowest BCUT2D eigenvalue weighted by atomic mass is 10.0. The number of fused-ring (bicyclic) bond motifs is 1. The zero-order valence-electron chi connectivity index (χ0n) is 19.2. The molecule has 0 amide bonds. The number of nitrogens with one attached hydrogen (secondary N) is 1. The van der Waals surface area contributed by atoms with Crippen LogP contribution >= 0.6 is 0 Å². The van der Waals surface area contributed by atoms with Gasteiger partial charge in [-0.15, -0.1) is 0 Å². The van der Waals surface area contributed by atoms with Crippen LogP contribution < -0.4 is 21.5 Å². The van der Waals surface area contributed by atoms with E-state index in [4.69, 9.17) is 0 Å². The Morgan fingerprint density at radius 3 is 2.27 bits per heavy atom. The van der Waals surface area contributed by atoms with E-state index in [0.717, 1.165) is 24.2 Å². The van der Waals surface area contributed by atoms with Gasteiger partial charge in [-0.25, -0.2) is 9.36 Å². The molecule has 2 heterocycles. The standard InChI is InChI=1S/C27H28N4O2/c1-17(2)19-10-12-20(13-11-19)28-23-16-18(3)29(4)25-24(23)26(32)31(22-14-15-22)27(33)30(25)21-8-6-5-7-9-21/h5-13,16-17,22,28H,3,14-15H2,1-2,4H3. The Labute approximate surface area is 193 Å².